The van der Waals surface area contributed by atoms with Gasteiger partial charge in [0.15, 0.2) is 0 Å². The molecule has 0 radical (unpaired) electrons. The quantitative estimate of drug-likeness (QED) is 0.572. The number of benzene rings is 2. The van der Waals surface area contributed by atoms with E-state index < -0.39 is 0 Å². The SMILES string of the molecule is Cc1cccc(C)c1-c1nc(N)nc2ccc(-c3ccc(F)cc3)nc12. The summed E-state index contributed by atoms with van der Waals surface area (Å²) in [6.45, 7) is 4.08. The Bertz CT molecular complexity index is 1100. The first kappa shape index (κ1) is 16.1. The van der Waals surface area contributed by atoms with Crippen molar-refractivity contribution in [1.29, 1.82) is 0 Å². The molecule has 0 aliphatic carbocycles. The molecule has 0 fully saturated rings. The fourth-order valence-corrected chi connectivity index (χ4v) is 3.18. The Balaban J connectivity index is 2.00. The van der Waals surface area contributed by atoms with Gasteiger partial charge in [-0.25, -0.2) is 19.3 Å². The highest BCUT2D eigenvalue weighted by atomic mass is 19.1. The van der Waals surface area contributed by atoms with Crippen LogP contribution in [0.1, 0.15) is 11.1 Å². The molecule has 0 saturated heterocycles. The van der Waals surface area contributed by atoms with E-state index in [0.29, 0.717) is 16.7 Å². The van der Waals surface area contributed by atoms with Crippen LogP contribution < -0.4 is 5.73 Å². The van der Waals surface area contributed by atoms with Crippen molar-refractivity contribution in [1.82, 2.24) is 15.0 Å². The summed E-state index contributed by atoms with van der Waals surface area (Å²) in [4.78, 5) is 13.6. The summed E-state index contributed by atoms with van der Waals surface area (Å²) in [6, 6.07) is 16.1. The summed E-state index contributed by atoms with van der Waals surface area (Å²) in [6.07, 6.45) is 0. The number of fused-ring (bicyclic) bond motifs is 1. The molecule has 0 amide bonds. The first-order valence-electron chi connectivity index (χ1n) is 8.30. The number of nitrogens with zero attached hydrogens (tertiary/aromatic N) is 3. The molecule has 4 rings (SSSR count). The summed E-state index contributed by atoms with van der Waals surface area (Å²) in [5.74, 6) is -0.0617. The van der Waals surface area contributed by atoms with Crippen molar-refractivity contribution < 1.29 is 4.39 Å². The number of hydrogen-bond acceptors (Lipinski definition) is 4. The van der Waals surface area contributed by atoms with Gasteiger partial charge in [0.05, 0.1) is 11.2 Å². The van der Waals surface area contributed by atoms with Crippen LogP contribution in [0.4, 0.5) is 10.3 Å². The second-order valence-electron chi connectivity index (χ2n) is 6.27. The fraction of sp³-hybridized carbons (Fsp3) is 0.0952. The van der Waals surface area contributed by atoms with Crippen LogP contribution in [0.3, 0.4) is 0 Å². The molecule has 0 bridgehead atoms. The van der Waals surface area contributed by atoms with Crippen LogP contribution in [0.25, 0.3) is 33.5 Å². The van der Waals surface area contributed by atoms with Gasteiger partial charge in [-0.15, -0.1) is 0 Å². The molecule has 4 aromatic rings. The van der Waals surface area contributed by atoms with Crippen LogP contribution in [0, 0.1) is 19.7 Å². The van der Waals surface area contributed by atoms with Crippen molar-refractivity contribution in [3.63, 3.8) is 0 Å². The van der Waals surface area contributed by atoms with Crippen molar-refractivity contribution in [2.45, 2.75) is 13.8 Å². The summed E-state index contributed by atoms with van der Waals surface area (Å²) in [7, 11) is 0. The zero-order chi connectivity index (χ0) is 18.3. The molecule has 2 N–H and O–H groups in total. The Morgan fingerprint density at radius 3 is 2.19 bits per heavy atom. The molecule has 0 saturated carbocycles. The second kappa shape index (κ2) is 6.19. The lowest BCUT2D eigenvalue weighted by molar-refractivity contribution is 0.628. The molecule has 0 atom stereocenters. The van der Waals surface area contributed by atoms with Crippen LogP contribution in [-0.2, 0) is 0 Å². The third-order valence-electron chi connectivity index (χ3n) is 4.42. The van der Waals surface area contributed by atoms with E-state index in [1.54, 1.807) is 12.1 Å². The predicted molar refractivity (Wildman–Crippen MR) is 102 cm³/mol. The average Bonchev–Trinajstić information content (AvgIpc) is 2.62. The number of halogens is 1. The lowest BCUT2D eigenvalue weighted by atomic mass is 9.98. The summed E-state index contributed by atoms with van der Waals surface area (Å²) >= 11 is 0. The summed E-state index contributed by atoms with van der Waals surface area (Å²) in [5, 5.41) is 0. The van der Waals surface area contributed by atoms with Gasteiger partial charge in [-0.05, 0) is 61.4 Å². The molecule has 4 nitrogen and oxygen atoms in total. The van der Waals surface area contributed by atoms with Crippen LogP contribution in [0.5, 0.6) is 0 Å². The van der Waals surface area contributed by atoms with E-state index in [-0.39, 0.29) is 11.8 Å². The molecule has 2 heterocycles. The fourth-order valence-electron chi connectivity index (χ4n) is 3.18. The number of rotatable bonds is 2. The highest BCUT2D eigenvalue weighted by molar-refractivity contribution is 5.92. The van der Waals surface area contributed by atoms with Gasteiger partial charge in [-0.2, -0.15) is 0 Å². The predicted octanol–water partition coefficient (Wildman–Crippen LogP) is 4.70. The second-order valence-corrected chi connectivity index (χ2v) is 6.27. The number of hydrogen-bond donors (Lipinski definition) is 1. The highest BCUT2D eigenvalue weighted by Crippen LogP contribution is 2.32. The first-order chi connectivity index (χ1) is 12.5. The van der Waals surface area contributed by atoms with Crippen molar-refractivity contribution in [3.05, 3.63) is 71.5 Å². The first-order valence-corrected chi connectivity index (χ1v) is 8.30. The molecule has 26 heavy (non-hydrogen) atoms. The highest BCUT2D eigenvalue weighted by Gasteiger charge is 2.15. The zero-order valence-electron chi connectivity index (χ0n) is 14.5. The maximum Gasteiger partial charge on any atom is 0.221 e. The van der Waals surface area contributed by atoms with Crippen molar-refractivity contribution in [2.75, 3.05) is 5.73 Å². The Labute approximate surface area is 150 Å². The number of pyridine rings is 1. The smallest absolute Gasteiger partial charge is 0.221 e. The Morgan fingerprint density at radius 1 is 0.808 bits per heavy atom. The van der Waals surface area contributed by atoms with Crippen molar-refractivity contribution in [2.24, 2.45) is 0 Å². The van der Waals surface area contributed by atoms with Gasteiger partial charge in [0.1, 0.15) is 17.0 Å². The molecular formula is C21H17FN4. The topological polar surface area (TPSA) is 64.7 Å². The number of anilines is 1. The number of nitrogens with two attached hydrogens (primary N) is 1. The van der Waals surface area contributed by atoms with E-state index in [2.05, 4.69) is 9.97 Å². The lowest BCUT2D eigenvalue weighted by Crippen LogP contribution is -2.02. The van der Waals surface area contributed by atoms with Gasteiger partial charge in [0.25, 0.3) is 0 Å². The normalized spacial score (nSPS) is 11.0. The average molecular weight is 344 g/mol. The monoisotopic (exact) mass is 344 g/mol. The van der Waals surface area contributed by atoms with Crippen molar-refractivity contribution >= 4 is 17.0 Å². The summed E-state index contributed by atoms with van der Waals surface area (Å²) < 4.78 is 13.2. The molecule has 128 valence electrons. The molecular weight excluding hydrogens is 327 g/mol. The molecule has 0 spiro atoms. The van der Waals surface area contributed by atoms with E-state index in [9.17, 15) is 4.39 Å². The third-order valence-corrected chi connectivity index (χ3v) is 4.42. The van der Waals surface area contributed by atoms with Gasteiger partial charge in [0, 0.05) is 11.1 Å². The van der Waals surface area contributed by atoms with Crippen molar-refractivity contribution in [3.8, 4) is 22.5 Å². The van der Waals surface area contributed by atoms with Crippen LogP contribution >= 0.6 is 0 Å². The maximum absolute atomic E-state index is 13.2. The van der Waals surface area contributed by atoms with E-state index >= 15 is 0 Å². The zero-order valence-corrected chi connectivity index (χ0v) is 14.5. The van der Waals surface area contributed by atoms with Crippen LogP contribution in [0.15, 0.2) is 54.6 Å². The molecule has 5 heteroatoms. The molecule has 0 unspecified atom stereocenters. The lowest BCUT2D eigenvalue weighted by Gasteiger charge is -2.12. The van der Waals surface area contributed by atoms with Gasteiger partial charge < -0.3 is 5.73 Å². The van der Waals surface area contributed by atoms with E-state index in [1.807, 2.05) is 44.2 Å². The minimum Gasteiger partial charge on any atom is -0.368 e. The maximum atomic E-state index is 13.2. The number of aromatic nitrogens is 3. The third kappa shape index (κ3) is 2.77. The van der Waals surface area contributed by atoms with E-state index in [4.69, 9.17) is 10.7 Å². The van der Waals surface area contributed by atoms with Gasteiger partial charge in [0.2, 0.25) is 5.95 Å². The number of nitrogen functional groups attached to an aromatic ring is 1. The Hall–Kier alpha value is -3.34. The van der Waals surface area contributed by atoms with Gasteiger partial charge >= 0.3 is 0 Å². The van der Waals surface area contributed by atoms with Crippen LogP contribution in [-0.4, -0.2) is 15.0 Å². The van der Waals surface area contributed by atoms with Gasteiger partial charge in [-0.1, -0.05) is 18.2 Å². The van der Waals surface area contributed by atoms with E-state index in [1.165, 1.54) is 12.1 Å². The minimum atomic E-state index is -0.276. The van der Waals surface area contributed by atoms with Gasteiger partial charge in [-0.3, -0.25) is 0 Å². The Morgan fingerprint density at radius 2 is 1.50 bits per heavy atom. The molecule has 2 aromatic carbocycles. The van der Waals surface area contributed by atoms with Crippen LogP contribution in [0.2, 0.25) is 0 Å². The largest absolute Gasteiger partial charge is 0.368 e. The Kier molecular flexibility index (Phi) is 3.84. The molecule has 0 aliphatic heterocycles. The minimum absolute atomic E-state index is 0.214. The molecule has 2 aromatic heterocycles. The number of aryl methyl sites for hydroxylation is 2. The van der Waals surface area contributed by atoms with E-state index in [0.717, 1.165) is 27.9 Å². The standard InChI is InChI=1S/C21H17FN4/c1-12-4-3-5-13(2)18(12)20-19-17(25-21(23)26-20)11-10-16(24-19)14-6-8-15(22)9-7-14/h3-11H,1-2H3,(H2,23,25,26). The molecule has 0 aliphatic rings. The summed E-state index contributed by atoms with van der Waals surface area (Å²) in [5.41, 5.74) is 12.8.